The molecular weight excluding hydrogens is 158 g/mol. The number of allylic oxidation sites excluding steroid dienone is 5. The van der Waals surface area contributed by atoms with Crippen LogP contribution in [0.1, 0.15) is 26.2 Å². The topological polar surface area (TPSA) is 3.24 Å². The summed E-state index contributed by atoms with van der Waals surface area (Å²) in [6.45, 7) is 4.67. The summed E-state index contributed by atoms with van der Waals surface area (Å²) in [4.78, 5) is 2.48. The van der Waals surface area contributed by atoms with Gasteiger partial charge >= 0.3 is 0 Å². The lowest BCUT2D eigenvalue weighted by Crippen LogP contribution is -2.16. The molecule has 0 atom stereocenters. The van der Waals surface area contributed by atoms with Crippen molar-refractivity contribution in [3.63, 3.8) is 0 Å². The average Bonchev–Trinajstić information content (AvgIpc) is 2.56. The van der Waals surface area contributed by atoms with Gasteiger partial charge in [-0.3, -0.25) is 0 Å². The maximum absolute atomic E-state index is 2.48. The number of hydrogen-bond donors (Lipinski definition) is 0. The number of hydrogen-bond acceptors (Lipinski definition) is 1. The molecule has 0 aromatic heterocycles. The molecule has 0 amide bonds. The summed E-state index contributed by atoms with van der Waals surface area (Å²) in [5, 5.41) is 0. The van der Waals surface area contributed by atoms with Crippen LogP contribution in [-0.4, -0.2) is 18.0 Å². The molecule has 1 fully saturated rings. The zero-order valence-electron chi connectivity index (χ0n) is 8.29. The highest BCUT2D eigenvalue weighted by Crippen LogP contribution is 2.18. The van der Waals surface area contributed by atoms with Gasteiger partial charge in [0.1, 0.15) is 0 Å². The van der Waals surface area contributed by atoms with Crippen LogP contribution in [0, 0.1) is 0 Å². The Morgan fingerprint density at radius 2 is 1.92 bits per heavy atom. The monoisotopic (exact) mass is 175 g/mol. The predicted molar refractivity (Wildman–Crippen MR) is 56.4 cm³/mol. The summed E-state index contributed by atoms with van der Waals surface area (Å²) in [5.41, 5.74) is 2.85. The van der Waals surface area contributed by atoms with Gasteiger partial charge in [-0.15, -0.1) is 0 Å². The minimum atomic E-state index is 1.10. The quantitative estimate of drug-likeness (QED) is 0.592. The van der Waals surface area contributed by atoms with Crippen molar-refractivity contribution in [3.8, 4) is 0 Å². The van der Waals surface area contributed by atoms with Crippen molar-refractivity contribution in [2.24, 2.45) is 0 Å². The van der Waals surface area contributed by atoms with Gasteiger partial charge in [-0.25, -0.2) is 0 Å². The van der Waals surface area contributed by atoms with Crippen molar-refractivity contribution < 1.29 is 0 Å². The first-order valence-corrected chi connectivity index (χ1v) is 5.15. The third kappa shape index (κ3) is 2.03. The molecule has 70 valence electrons. The van der Waals surface area contributed by atoms with Crippen LogP contribution in [-0.2, 0) is 0 Å². The molecular formula is C12H17N. The molecule has 0 aromatic carbocycles. The maximum atomic E-state index is 2.48. The molecule has 1 saturated heterocycles. The summed E-state index contributed by atoms with van der Waals surface area (Å²) in [7, 11) is 0. The second-order valence-corrected chi connectivity index (χ2v) is 3.91. The highest BCUT2D eigenvalue weighted by atomic mass is 15.1. The van der Waals surface area contributed by atoms with Gasteiger partial charge in [0.2, 0.25) is 0 Å². The van der Waals surface area contributed by atoms with Crippen molar-refractivity contribution in [1.29, 1.82) is 0 Å². The molecule has 1 aliphatic carbocycles. The van der Waals surface area contributed by atoms with Crippen LogP contribution in [0.25, 0.3) is 0 Å². The van der Waals surface area contributed by atoms with E-state index in [2.05, 4.69) is 36.1 Å². The van der Waals surface area contributed by atoms with Crippen molar-refractivity contribution in [3.05, 3.63) is 35.6 Å². The molecule has 0 radical (unpaired) electrons. The van der Waals surface area contributed by atoms with E-state index in [4.69, 9.17) is 0 Å². The first kappa shape index (κ1) is 8.61. The smallest absolute Gasteiger partial charge is 0.0363 e. The van der Waals surface area contributed by atoms with E-state index in [1.165, 1.54) is 37.2 Å². The normalized spacial score (nSPS) is 22.7. The Labute approximate surface area is 80.4 Å². The number of rotatable bonds is 1. The first-order chi connectivity index (χ1) is 6.36. The van der Waals surface area contributed by atoms with Gasteiger partial charge < -0.3 is 4.90 Å². The van der Waals surface area contributed by atoms with Crippen molar-refractivity contribution in [2.45, 2.75) is 26.2 Å². The lowest BCUT2D eigenvalue weighted by atomic mass is 10.2. The predicted octanol–water partition coefficient (Wildman–Crippen LogP) is 2.87. The number of likely N-dealkylation sites (tertiary alicyclic amines) is 1. The molecule has 0 N–H and O–H groups in total. The molecule has 0 unspecified atom stereocenters. The largest absolute Gasteiger partial charge is 0.372 e. The van der Waals surface area contributed by atoms with Crippen LogP contribution in [0.3, 0.4) is 0 Å². The Morgan fingerprint density at radius 1 is 1.15 bits per heavy atom. The van der Waals surface area contributed by atoms with Crippen LogP contribution in [0.5, 0.6) is 0 Å². The van der Waals surface area contributed by atoms with Crippen LogP contribution < -0.4 is 0 Å². The van der Waals surface area contributed by atoms with Gasteiger partial charge in [-0.1, -0.05) is 17.7 Å². The minimum absolute atomic E-state index is 1.10. The van der Waals surface area contributed by atoms with Gasteiger partial charge in [0, 0.05) is 18.8 Å². The second kappa shape index (κ2) is 3.82. The Balaban J connectivity index is 2.13. The number of nitrogens with zero attached hydrogens (tertiary/aromatic N) is 1. The van der Waals surface area contributed by atoms with Crippen molar-refractivity contribution >= 4 is 0 Å². The van der Waals surface area contributed by atoms with E-state index in [0.717, 1.165) is 6.42 Å². The fourth-order valence-electron chi connectivity index (χ4n) is 1.90. The SMILES string of the molecule is CC1=CC=C(N2CCCC2)C=CC1. The Kier molecular flexibility index (Phi) is 2.53. The van der Waals surface area contributed by atoms with Crippen LogP contribution in [0.15, 0.2) is 35.6 Å². The van der Waals surface area contributed by atoms with E-state index in [-0.39, 0.29) is 0 Å². The molecule has 0 saturated carbocycles. The molecule has 2 aliphatic rings. The average molecular weight is 175 g/mol. The fourth-order valence-corrected chi connectivity index (χ4v) is 1.90. The van der Waals surface area contributed by atoms with E-state index in [1.54, 1.807) is 0 Å². The summed E-state index contributed by atoms with van der Waals surface area (Å²) in [6, 6.07) is 0. The van der Waals surface area contributed by atoms with E-state index in [1.807, 2.05) is 0 Å². The van der Waals surface area contributed by atoms with Crippen LogP contribution in [0.2, 0.25) is 0 Å². The first-order valence-electron chi connectivity index (χ1n) is 5.15. The summed E-state index contributed by atoms with van der Waals surface area (Å²) >= 11 is 0. The van der Waals surface area contributed by atoms with E-state index in [0.29, 0.717) is 0 Å². The molecule has 0 bridgehead atoms. The molecule has 1 heteroatoms. The standard InChI is InChI=1S/C12H17N/c1-11-5-4-6-12(8-7-11)13-9-2-3-10-13/h4,6-8H,2-3,5,9-10H2,1H3. The van der Waals surface area contributed by atoms with Crippen molar-refractivity contribution in [2.75, 3.05) is 13.1 Å². The fraction of sp³-hybridized carbons (Fsp3) is 0.500. The van der Waals surface area contributed by atoms with Crippen LogP contribution in [0.4, 0.5) is 0 Å². The summed E-state index contributed by atoms with van der Waals surface area (Å²) < 4.78 is 0. The van der Waals surface area contributed by atoms with Gasteiger partial charge in [0.05, 0.1) is 0 Å². The second-order valence-electron chi connectivity index (χ2n) is 3.91. The Bertz CT molecular complexity index is 265. The molecule has 0 aromatic rings. The van der Waals surface area contributed by atoms with Gasteiger partial charge in [-0.2, -0.15) is 0 Å². The highest BCUT2D eigenvalue weighted by Gasteiger charge is 2.12. The summed E-state index contributed by atoms with van der Waals surface area (Å²) in [5.74, 6) is 0. The molecule has 1 aliphatic heterocycles. The van der Waals surface area contributed by atoms with Gasteiger partial charge in [0.25, 0.3) is 0 Å². The summed E-state index contributed by atoms with van der Waals surface area (Å²) in [6.07, 6.45) is 12.8. The van der Waals surface area contributed by atoms with Gasteiger partial charge in [-0.05, 0) is 38.3 Å². The molecule has 2 rings (SSSR count). The molecule has 1 nitrogen and oxygen atoms in total. The third-order valence-electron chi connectivity index (χ3n) is 2.74. The van der Waals surface area contributed by atoms with Crippen LogP contribution >= 0.6 is 0 Å². The van der Waals surface area contributed by atoms with E-state index in [9.17, 15) is 0 Å². The zero-order valence-corrected chi connectivity index (χ0v) is 8.29. The lowest BCUT2D eigenvalue weighted by Gasteiger charge is -2.17. The lowest BCUT2D eigenvalue weighted by molar-refractivity contribution is 0.440. The Hall–Kier alpha value is -0.980. The van der Waals surface area contributed by atoms with E-state index < -0.39 is 0 Å². The molecule has 13 heavy (non-hydrogen) atoms. The van der Waals surface area contributed by atoms with Gasteiger partial charge in [0.15, 0.2) is 0 Å². The maximum Gasteiger partial charge on any atom is 0.0363 e. The van der Waals surface area contributed by atoms with Crippen molar-refractivity contribution in [1.82, 2.24) is 4.90 Å². The molecule has 1 heterocycles. The minimum Gasteiger partial charge on any atom is -0.372 e. The zero-order chi connectivity index (χ0) is 9.10. The highest BCUT2D eigenvalue weighted by molar-refractivity contribution is 5.29. The Morgan fingerprint density at radius 3 is 2.69 bits per heavy atom. The van der Waals surface area contributed by atoms with E-state index >= 15 is 0 Å². The third-order valence-corrected chi connectivity index (χ3v) is 2.74. The molecule has 0 spiro atoms.